The number of hydrogen-bond donors (Lipinski definition) is 1. The third kappa shape index (κ3) is 1.68. The summed E-state index contributed by atoms with van der Waals surface area (Å²) in [4.78, 5) is 3.81. The molecule has 12 heavy (non-hydrogen) atoms. The smallest absolute Gasteiger partial charge is 0.115 e. The molecule has 0 saturated carbocycles. The summed E-state index contributed by atoms with van der Waals surface area (Å²) in [6, 6.07) is 5.18. The second-order valence-corrected chi connectivity index (χ2v) is 2.33. The molecule has 0 radical (unpaired) electrons. The highest BCUT2D eigenvalue weighted by atomic mass is 16.3. The van der Waals surface area contributed by atoms with Gasteiger partial charge < -0.3 is 5.11 Å². The topological polar surface area (TPSA) is 56.9 Å². The van der Waals surface area contributed by atoms with E-state index in [-0.39, 0.29) is 5.57 Å². The molecule has 1 aromatic heterocycles. The number of hydrogen-bond acceptors (Lipinski definition) is 3. The van der Waals surface area contributed by atoms with Gasteiger partial charge in [-0.2, -0.15) is 5.26 Å². The van der Waals surface area contributed by atoms with Gasteiger partial charge in [-0.25, -0.2) is 0 Å². The predicted octanol–water partition coefficient (Wildman–Crippen LogP) is 1.19. The zero-order valence-corrected chi connectivity index (χ0v) is 6.44. The molecule has 0 amide bonds. The minimum absolute atomic E-state index is 0.128. The van der Waals surface area contributed by atoms with Crippen molar-refractivity contribution in [2.24, 2.45) is 0 Å². The first-order valence-corrected chi connectivity index (χ1v) is 3.42. The molecule has 1 atom stereocenters. The van der Waals surface area contributed by atoms with Gasteiger partial charge in [-0.3, -0.25) is 4.98 Å². The number of pyridine rings is 1. The van der Waals surface area contributed by atoms with Crippen molar-refractivity contribution in [1.29, 1.82) is 5.26 Å². The summed E-state index contributed by atoms with van der Waals surface area (Å²) >= 11 is 0. The molecule has 0 bridgehead atoms. The van der Waals surface area contributed by atoms with Gasteiger partial charge in [-0.05, 0) is 6.07 Å². The fraction of sp³-hybridized carbons (Fsp3) is 0.111. The highest BCUT2D eigenvalue weighted by Crippen LogP contribution is 2.17. The van der Waals surface area contributed by atoms with Crippen LogP contribution in [0, 0.1) is 11.3 Å². The van der Waals surface area contributed by atoms with E-state index in [1.54, 1.807) is 24.4 Å². The van der Waals surface area contributed by atoms with Gasteiger partial charge in [0.05, 0.1) is 11.6 Å². The van der Waals surface area contributed by atoms with Crippen LogP contribution in [0.15, 0.2) is 36.7 Å². The average Bonchev–Trinajstić information content (AvgIpc) is 2.17. The van der Waals surface area contributed by atoms with Crippen LogP contribution in [-0.4, -0.2) is 10.1 Å². The van der Waals surface area contributed by atoms with E-state index in [9.17, 15) is 5.11 Å². The van der Waals surface area contributed by atoms with E-state index in [4.69, 9.17) is 5.26 Å². The van der Waals surface area contributed by atoms with Gasteiger partial charge in [-0.15, -0.1) is 0 Å². The number of rotatable bonds is 2. The van der Waals surface area contributed by atoms with Crippen molar-refractivity contribution in [3.05, 3.63) is 42.2 Å². The monoisotopic (exact) mass is 160 g/mol. The molecule has 0 fully saturated rings. The van der Waals surface area contributed by atoms with Gasteiger partial charge >= 0.3 is 0 Å². The summed E-state index contributed by atoms with van der Waals surface area (Å²) in [6.45, 7) is 3.41. The van der Waals surface area contributed by atoms with Crippen molar-refractivity contribution in [1.82, 2.24) is 4.98 Å². The number of nitrogens with zero attached hydrogens (tertiary/aromatic N) is 2. The van der Waals surface area contributed by atoms with Crippen LogP contribution in [0.25, 0.3) is 0 Å². The normalized spacial score (nSPS) is 11.7. The van der Waals surface area contributed by atoms with Crippen molar-refractivity contribution in [2.45, 2.75) is 6.10 Å². The van der Waals surface area contributed by atoms with Crippen LogP contribution < -0.4 is 0 Å². The second kappa shape index (κ2) is 3.65. The van der Waals surface area contributed by atoms with E-state index in [2.05, 4.69) is 11.6 Å². The van der Waals surface area contributed by atoms with Crippen LogP contribution in [0.2, 0.25) is 0 Å². The largest absolute Gasteiger partial charge is 0.383 e. The molecule has 0 aliphatic heterocycles. The molecule has 0 unspecified atom stereocenters. The molecule has 3 heteroatoms. The van der Waals surface area contributed by atoms with E-state index in [1.165, 1.54) is 6.20 Å². The summed E-state index contributed by atoms with van der Waals surface area (Å²) in [7, 11) is 0. The summed E-state index contributed by atoms with van der Waals surface area (Å²) in [5.74, 6) is 0. The fourth-order valence-corrected chi connectivity index (χ4v) is 0.800. The minimum atomic E-state index is -0.927. The van der Waals surface area contributed by atoms with Gasteiger partial charge in [0.25, 0.3) is 0 Å². The quantitative estimate of drug-likeness (QED) is 0.661. The maximum Gasteiger partial charge on any atom is 0.115 e. The van der Waals surface area contributed by atoms with E-state index in [1.807, 2.05) is 0 Å². The molecule has 1 N–H and O–H groups in total. The first-order chi connectivity index (χ1) is 5.75. The second-order valence-electron chi connectivity index (χ2n) is 2.33. The van der Waals surface area contributed by atoms with Gasteiger partial charge in [0.2, 0.25) is 0 Å². The highest BCUT2D eigenvalue weighted by Gasteiger charge is 2.09. The Morgan fingerprint density at radius 3 is 3.00 bits per heavy atom. The SMILES string of the molecule is C=C(C#N)[C@H](O)c1cccnc1. The van der Waals surface area contributed by atoms with Crippen molar-refractivity contribution in [3.8, 4) is 6.07 Å². The molecule has 0 aliphatic carbocycles. The first kappa shape index (κ1) is 8.44. The Morgan fingerprint density at radius 1 is 1.75 bits per heavy atom. The van der Waals surface area contributed by atoms with Crippen molar-refractivity contribution >= 4 is 0 Å². The zero-order valence-electron chi connectivity index (χ0n) is 6.44. The van der Waals surface area contributed by atoms with E-state index in [0.29, 0.717) is 5.56 Å². The molecule has 0 spiro atoms. The van der Waals surface area contributed by atoms with Crippen LogP contribution in [0.5, 0.6) is 0 Å². The molecular weight excluding hydrogens is 152 g/mol. The number of nitriles is 1. The maximum atomic E-state index is 9.43. The van der Waals surface area contributed by atoms with E-state index < -0.39 is 6.10 Å². The van der Waals surface area contributed by atoms with Gasteiger partial charge in [0.15, 0.2) is 0 Å². The fourth-order valence-electron chi connectivity index (χ4n) is 0.800. The van der Waals surface area contributed by atoms with E-state index in [0.717, 1.165) is 0 Å². The Morgan fingerprint density at radius 2 is 2.50 bits per heavy atom. The molecular formula is C9H8N2O. The molecule has 1 aromatic rings. The summed E-state index contributed by atoms with van der Waals surface area (Å²) in [6.07, 6.45) is 2.18. The summed E-state index contributed by atoms with van der Waals surface area (Å²) in [5, 5.41) is 17.9. The third-order valence-corrected chi connectivity index (χ3v) is 1.47. The minimum Gasteiger partial charge on any atom is -0.383 e. The van der Waals surface area contributed by atoms with Crippen LogP contribution in [0.3, 0.4) is 0 Å². The Bertz CT molecular complexity index is 313. The van der Waals surface area contributed by atoms with Gasteiger partial charge in [0.1, 0.15) is 6.10 Å². The first-order valence-electron chi connectivity index (χ1n) is 3.42. The maximum absolute atomic E-state index is 9.43. The molecule has 1 heterocycles. The van der Waals surface area contributed by atoms with Crippen molar-refractivity contribution < 1.29 is 5.11 Å². The Hall–Kier alpha value is -1.66. The molecule has 0 aromatic carbocycles. The Balaban J connectivity index is 2.87. The molecule has 60 valence electrons. The van der Waals surface area contributed by atoms with Crippen molar-refractivity contribution in [2.75, 3.05) is 0 Å². The number of aliphatic hydroxyl groups is 1. The van der Waals surface area contributed by atoms with Crippen LogP contribution in [0.1, 0.15) is 11.7 Å². The molecule has 0 saturated heterocycles. The van der Waals surface area contributed by atoms with Crippen LogP contribution in [0.4, 0.5) is 0 Å². The lowest BCUT2D eigenvalue weighted by Crippen LogP contribution is -1.98. The third-order valence-electron chi connectivity index (χ3n) is 1.47. The van der Waals surface area contributed by atoms with Gasteiger partial charge in [-0.1, -0.05) is 12.6 Å². The lowest BCUT2D eigenvalue weighted by atomic mass is 10.1. The predicted molar refractivity (Wildman–Crippen MR) is 43.9 cm³/mol. The summed E-state index contributed by atoms with van der Waals surface area (Å²) in [5.41, 5.74) is 0.715. The average molecular weight is 160 g/mol. The van der Waals surface area contributed by atoms with E-state index >= 15 is 0 Å². The lowest BCUT2D eigenvalue weighted by molar-refractivity contribution is 0.220. The number of aliphatic hydroxyl groups excluding tert-OH is 1. The van der Waals surface area contributed by atoms with Crippen LogP contribution in [-0.2, 0) is 0 Å². The Kier molecular flexibility index (Phi) is 2.57. The van der Waals surface area contributed by atoms with Crippen LogP contribution >= 0.6 is 0 Å². The molecule has 3 nitrogen and oxygen atoms in total. The highest BCUT2D eigenvalue weighted by molar-refractivity contribution is 5.29. The number of aromatic nitrogens is 1. The van der Waals surface area contributed by atoms with Gasteiger partial charge in [0, 0.05) is 18.0 Å². The molecule has 0 aliphatic rings. The zero-order chi connectivity index (χ0) is 8.97. The van der Waals surface area contributed by atoms with Crippen molar-refractivity contribution in [3.63, 3.8) is 0 Å². The standard InChI is InChI=1S/C9H8N2O/c1-7(5-10)9(12)8-3-2-4-11-6-8/h2-4,6,9,12H,1H2/t9-/m0/s1. The molecule has 1 rings (SSSR count). The lowest BCUT2D eigenvalue weighted by Gasteiger charge is -2.06. The Labute approximate surface area is 70.6 Å². The summed E-state index contributed by atoms with van der Waals surface area (Å²) < 4.78 is 0.